The maximum atomic E-state index is 12.3. The van der Waals surface area contributed by atoms with E-state index in [-0.39, 0.29) is 5.91 Å². The highest BCUT2D eigenvalue weighted by atomic mass is 79.9. The molecule has 1 N–H and O–H groups in total. The highest BCUT2D eigenvalue weighted by molar-refractivity contribution is 9.10. The first-order valence-electron chi connectivity index (χ1n) is 7.19. The molecule has 1 aliphatic carbocycles. The maximum absolute atomic E-state index is 12.3. The van der Waals surface area contributed by atoms with Crippen LogP contribution in [0.3, 0.4) is 0 Å². The van der Waals surface area contributed by atoms with E-state index in [4.69, 9.17) is 0 Å². The summed E-state index contributed by atoms with van der Waals surface area (Å²) in [5.74, 6) is 0.706. The van der Waals surface area contributed by atoms with Crippen molar-refractivity contribution in [1.29, 1.82) is 0 Å². The van der Waals surface area contributed by atoms with Gasteiger partial charge in [0.15, 0.2) is 0 Å². The SMILES string of the molecule is CCC1CCCCC1NC(=O)c1ccc(C)c(Br)c1. The average molecular weight is 324 g/mol. The first-order valence-corrected chi connectivity index (χ1v) is 7.98. The Morgan fingerprint density at radius 1 is 1.37 bits per heavy atom. The lowest BCUT2D eigenvalue weighted by atomic mass is 9.83. The van der Waals surface area contributed by atoms with Crippen LogP contribution in [0.1, 0.15) is 54.9 Å². The monoisotopic (exact) mass is 323 g/mol. The number of carbonyl (C=O) groups excluding carboxylic acids is 1. The molecule has 1 aliphatic rings. The van der Waals surface area contributed by atoms with Crippen molar-refractivity contribution in [2.24, 2.45) is 5.92 Å². The number of aryl methyl sites for hydroxylation is 1. The molecule has 0 aromatic heterocycles. The molecule has 0 heterocycles. The summed E-state index contributed by atoms with van der Waals surface area (Å²) in [6, 6.07) is 6.15. The van der Waals surface area contributed by atoms with Gasteiger partial charge in [-0.3, -0.25) is 4.79 Å². The van der Waals surface area contributed by atoms with Crippen molar-refractivity contribution in [2.45, 2.75) is 52.0 Å². The quantitative estimate of drug-likeness (QED) is 0.874. The van der Waals surface area contributed by atoms with Crippen LogP contribution in [0, 0.1) is 12.8 Å². The molecule has 2 nitrogen and oxygen atoms in total. The third-order valence-electron chi connectivity index (χ3n) is 4.18. The molecule has 0 saturated heterocycles. The summed E-state index contributed by atoms with van der Waals surface area (Å²) in [6.07, 6.45) is 6.07. The number of amides is 1. The Kier molecular flexibility index (Phi) is 5.03. The highest BCUT2D eigenvalue weighted by Crippen LogP contribution is 2.27. The van der Waals surface area contributed by atoms with Crippen molar-refractivity contribution in [1.82, 2.24) is 5.32 Å². The van der Waals surface area contributed by atoms with Crippen LogP contribution in [0.15, 0.2) is 22.7 Å². The molecule has 1 amide bonds. The Bertz CT molecular complexity index is 458. The van der Waals surface area contributed by atoms with Crippen LogP contribution in [-0.2, 0) is 0 Å². The van der Waals surface area contributed by atoms with Gasteiger partial charge in [0.1, 0.15) is 0 Å². The van der Waals surface area contributed by atoms with Gasteiger partial charge in [0.05, 0.1) is 0 Å². The minimum atomic E-state index is 0.0612. The molecule has 1 aromatic carbocycles. The molecule has 1 aromatic rings. The fourth-order valence-corrected chi connectivity index (χ4v) is 3.25. The standard InChI is InChI=1S/C16H22BrNO/c1-3-12-6-4-5-7-15(12)18-16(19)13-9-8-11(2)14(17)10-13/h8-10,12,15H,3-7H2,1-2H3,(H,18,19). The van der Waals surface area contributed by atoms with Gasteiger partial charge >= 0.3 is 0 Å². The van der Waals surface area contributed by atoms with Crippen LogP contribution in [0.4, 0.5) is 0 Å². The van der Waals surface area contributed by atoms with Crippen molar-refractivity contribution in [3.05, 3.63) is 33.8 Å². The van der Waals surface area contributed by atoms with Gasteiger partial charge in [0.2, 0.25) is 0 Å². The van der Waals surface area contributed by atoms with E-state index in [0.717, 1.165) is 28.4 Å². The van der Waals surface area contributed by atoms with E-state index in [1.165, 1.54) is 19.3 Å². The van der Waals surface area contributed by atoms with Crippen LogP contribution < -0.4 is 5.32 Å². The Morgan fingerprint density at radius 3 is 2.79 bits per heavy atom. The van der Waals surface area contributed by atoms with E-state index in [1.807, 2.05) is 25.1 Å². The van der Waals surface area contributed by atoms with Gasteiger partial charge in [-0.25, -0.2) is 0 Å². The van der Waals surface area contributed by atoms with Gasteiger partial charge in [0, 0.05) is 16.1 Å². The summed E-state index contributed by atoms with van der Waals surface area (Å²) in [5, 5.41) is 3.22. The van der Waals surface area contributed by atoms with Crippen LogP contribution in [0.2, 0.25) is 0 Å². The predicted octanol–water partition coefficient (Wildman–Crippen LogP) is 4.46. The Hall–Kier alpha value is -0.830. The van der Waals surface area contributed by atoms with Crippen molar-refractivity contribution in [3.63, 3.8) is 0 Å². The van der Waals surface area contributed by atoms with Crippen molar-refractivity contribution in [2.75, 3.05) is 0 Å². The van der Waals surface area contributed by atoms with Crippen molar-refractivity contribution in [3.8, 4) is 0 Å². The van der Waals surface area contributed by atoms with Gasteiger partial charge < -0.3 is 5.32 Å². The van der Waals surface area contributed by atoms with E-state index in [9.17, 15) is 4.79 Å². The van der Waals surface area contributed by atoms with Gasteiger partial charge in [-0.2, -0.15) is 0 Å². The summed E-state index contributed by atoms with van der Waals surface area (Å²) < 4.78 is 0.996. The molecule has 0 aliphatic heterocycles. The molecule has 104 valence electrons. The predicted molar refractivity (Wildman–Crippen MR) is 82.4 cm³/mol. The second-order valence-corrected chi connectivity index (χ2v) is 6.35. The van der Waals surface area contributed by atoms with E-state index >= 15 is 0 Å². The van der Waals surface area contributed by atoms with E-state index in [0.29, 0.717) is 12.0 Å². The lowest BCUT2D eigenvalue weighted by Gasteiger charge is -2.31. The zero-order valence-electron chi connectivity index (χ0n) is 11.7. The summed E-state index contributed by atoms with van der Waals surface area (Å²) in [5.41, 5.74) is 1.90. The molecule has 3 heteroatoms. The lowest BCUT2D eigenvalue weighted by molar-refractivity contribution is 0.0904. The Morgan fingerprint density at radius 2 is 2.11 bits per heavy atom. The molecule has 0 spiro atoms. The molecule has 1 saturated carbocycles. The molecule has 2 atom stereocenters. The number of rotatable bonds is 3. The second-order valence-electron chi connectivity index (χ2n) is 5.50. The van der Waals surface area contributed by atoms with E-state index in [2.05, 4.69) is 28.2 Å². The molecule has 2 unspecified atom stereocenters. The smallest absolute Gasteiger partial charge is 0.251 e. The zero-order chi connectivity index (χ0) is 13.8. The molecule has 0 bridgehead atoms. The normalized spacial score (nSPS) is 23.1. The van der Waals surface area contributed by atoms with E-state index < -0.39 is 0 Å². The summed E-state index contributed by atoms with van der Waals surface area (Å²) in [4.78, 5) is 12.3. The number of benzene rings is 1. The van der Waals surface area contributed by atoms with E-state index in [1.54, 1.807) is 0 Å². The minimum absolute atomic E-state index is 0.0612. The second kappa shape index (κ2) is 6.56. The largest absolute Gasteiger partial charge is 0.349 e. The number of hydrogen-bond donors (Lipinski definition) is 1. The fourth-order valence-electron chi connectivity index (χ4n) is 2.87. The number of carbonyl (C=O) groups is 1. The molecule has 2 rings (SSSR count). The van der Waals surface area contributed by atoms with Crippen LogP contribution in [0.5, 0.6) is 0 Å². The Balaban J connectivity index is 2.05. The minimum Gasteiger partial charge on any atom is -0.349 e. The number of halogens is 1. The summed E-state index contributed by atoms with van der Waals surface area (Å²) in [6.45, 7) is 4.25. The Labute approximate surface area is 124 Å². The third kappa shape index (κ3) is 3.59. The van der Waals surface area contributed by atoms with Gasteiger partial charge in [-0.15, -0.1) is 0 Å². The number of nitrogens with one attached hydrogen (secondary N) is 1. The van der Waals surface area contributed by atoms with Gasteiger partial charge in [-0.1, -0.05) is 48.2 Å². The topological polar surface area (TPSA) is 29.1 Å². The first-order chi connectivity index (χ1) is 9.11. The van der Waals surface area contributed by atoms with Crippen molar-refractivity contribution >= 4 is 21.8 Å². The van der Waals surface area contributed by atoms with Crippen LogP contribution >= 0.6 is 15.9 Å². The summed E-state index contributed by atoms with van der Waals surface area (Å²) >= 11 is 3.49. The van der Waals surface area contributed by atoms with Crippen LogP contribution in [0.25, 0.3) is 0 Å². The average Bonchev–Trinajstić information content (AvgIpc) is 2.42. The first kappa shape index (κ1) is 14.6. The zero-order valence-corrected chi connectivity index (χ0v) is 13.3. The molecular weight excluding hydrogens is 302 g/mol. The fraction of sp³-hybridized carbons (Fsp3) is 0.562. The van der Waals surface area contributed by atoms with Gasteiger partial charge in [-0.05, 0) is 43.4 Å². The third-order valence-corrected chi connectivity index (χ3v) is 5.04. The number of hydrogen-bond acceptors (Lipinski definition) is 1. The van der Waals surface area contributed by atoms with Crippen molar-refractivity contribution < 1.29 is 4.79 Å². The maximum Gasteiger partial charge on any atom is 0.251 e. The molecular formula is C16H22BrNO. The van der Waals surface area contributed by atoms with Gasteiger partial charge in [0.25, 0.3) is 5.91 Å². The molecule has 0 radical (unpaired) electrons. The summed E-state index contributed by atoms with van der Waals surface area (Å²) in [7, 11) is 0. The highest BCUT2D eigenvalue weighted by Gasteiger charge is 2.25. The molecule has 19 heavy (non-hydrogen) atoms. The van der Waals surface area contributed by atoms with Crippen LogP contribution in [-0.4, -0.2) is 11.9 Å². The molecule has 1 fully saturated rings. The lowest BCUT2D eigenvalue weighted by Crippen LogP contribution is -2.41.